The molecule has 0 N–H and O–H groups in total. The van der Waals surface area contributed by atoms with Crippen LogP contribution in [0.2, 0.25) is 0 Å². The van der Waals surface area contributed by atoms with Crippen molar-refractivity contribution in [2.45, 2.75) is 20.8 Å². The van der Waals surface area contributed by atoms with Gasteiger partial charge < -0.3 is 0 Å². The monoisotopic (exact) mass is 114 g/mol. The van der Waals surface area contributed by atoms with Crippen LogP contribution in [0.15, 0.2) is 0 Å². The van der Waals surface area contributed by atoms with Crippen molar-refractivity contribution in [1.29, 1.82) is 0 Å². The molecule has 1 heteroatoms. The molecule has 0 saturated carbocycles. The number of hydrogen-bond donors (Lipinski definition) is 0. The second-order valence-electron chi connectivity index (χ2n) is 2.59. The molecule has 0 unspecified atom stereocenters. The molecule has 0 amide bonds. The quantitative estimate of drug-likeness (QED) is 0.377. The zero-order chi connectivity index (χ0) is 6.57. The van der Waals surface area contributed by atoms with Crippen molar-refractivity contribution in [2.75, 3.05) is 13.6 Å². The molecule has 0 aromatic heterocycles. The fraction of sp³-hybridized carbons (Fsp3) is 0.857. The SMILES string of the molecule is CC=[N+](C)CC(C)C. The van der Waals surface area contributed by atoms with Crippen LogP contribution >= 0.6 is 0 Å². The second kappa shape index (κ2) is 3.65. The van der Waals surface area contributed by atoms with E-state index in [4.69, 9.17) is 0 Å². The summed E-state index contributed by atoms with van der Waals surface area (Å²) >= 11 is 0. The zero-order valence-corrected chi connectivity index (χ0v) is 6.31. The van der Waals surface area contributed by atoms with E-state index in [1.165, 1.54) is 0 Å². The van der Waals surface area contributed by atoms with Gasteiger partial charge in [-0.2, -0.15) is 0 Å². The van der Waals surface area contributed by atoms with Gasteiger partial charge in [-0.1, -0.05) is 13.8 Å². The maximum absolute atomic E-state index is 2.22. The van der Waals surface area contributed by atoms with Gasteiger partial charge in [-0.3, -0.25) is 0 Å². The number of rotatable bonds is 2. The van der Waals surface area contributed by atoms with Crippen molar-refractivity contribution in [3.05, 3.63) is 0 Å². The van der Waals surface area contributed by atoms with Crippen LogP contribution < -0.4 is 0 Å². The molecule has 0 aromatic carbocycles. The first kappa shape index (κ1) is 7.67. The minimum absolute atomic E-state index is 0.774. The summed E-state index contributed by atoms with van der Waals surface area (Å²) in [6.07, 6.45) is 2.10. The molecule has 0 aliphatic rings. The van der Waals surface area contributed by atoms with Crippen molar-refractivity contribution >= 4 is 6.21 Å². The molecular weight excluding hydrogens is 98.1 g/mol. The van der Waals surface area contributed by atoms with E-state index in [1.54, 1.807) is 0 Å². The average molecular weight is 114 g/mol. The first-order valence-corrected chi connectivity index (χ1v) is 3.16. The lowest BCUT2D eigenvalue weighted by Crippen LogP contribution is -2.12. The molecule has 0 aliphatic carbocycles. The maximum atomic E-state index is 2.22. The van der Waals surface area contributed by atoms with Gasteiger partial charge in [0, 0.05) is 12.8 Å². The van der Waals surface area contributed by atoms with E-state index in [0.29, 0.717) is 0 Å². The van der Waals surface area contributed by atoms with Crippen LogP contribution in [0.3, 0.4) is 0 Å². The van der Waals surface area contributed by atoms with Gasteiger partial charge in [-0.15, -0.1) is 0 Å². The smallest absolute Gasteiger partial charge is 0.144 e. The Kier molecular flexibility index (Phi) is 3.49. The molecule has 0 bridgehead atoms. The summed E-state index contributed by atoms with van der Waals surface area (Å²) in [5, 5.41) is 0. The number of hydrogen-bond acceptors (Lipinski definition) is 0. The summed E-state index contributed by atoms with van der Waals surface area (Å²) < 4.78 is 2.20. The summed E-state index contributed by atoms with van der Waals surface area (Å²) in [6.45, 7) is 7.67. The first-order valence-electron chi connectivity index (χ1n) is 3.16. The summed E-state index contributed by atoms with van der Waals surface area (Å²) in [6, 6.07) is 0. The van der Waals surface area contributed by atoms with Crippen LogP contribution in [0.5, 0.6) is 0 Å². The van der Waals surface area contributed by atoms with Crippen LogP contribution in [0.4, 0.5) is 0 Å². The highest BCUT2D eigenvalue weighted by atomic mass is 14.9. The van der Waals surface area contributed by atoms with E-state index >= 15 is 0 Å². The molecule has 48 valence electrons. The predicted molar refractivity (Wildman–Crippen MR) is 37.6 cm³/mol. The maximum Gasteiger partial charge on any atom is 0.144 e. The molecule has 0 radical (unpaired) electrons. The summed E-state index contributed by atoms with van der Waals surface area (Å²) in [5.41, 5.74) is 0. The summed E-state index contributed by atoms with van der Waals surface area (Å²) in [4.78, 5) is 0. The number of nitrogens with zero attached hydrogens (tertiary/aromatic N) is 1. The van der Waals surface area contributed by atoms with Crippen LogP contribution in [-0.4, -0.2) is 24.4 Å². The Bertz CT molecular complexity index is 82.4. The van der Waals surface area contributed by atoms with Gasteiger partial charge in [0.25, 0.3) is 0 Å². The van der Waals surface area contributed by atoms with Crippen LogP contribution in [0, 0.1) is 5.92 Å². The standard InChI is InChI=1S/C7H16N/c1-5-8(4)6-7(2)3/h5,7H,6H2,1-4H3/q+1. The van der Waals surface area contributed by atoms with E-state index < -0.39 is 0 Å². The topological polar surface area (TPSA) is 3.01 Å². The van der Waals surface area contributed by atoms with E-state index in [1.807, 2.05) is 0 Å². The van der Waals surface area contributed by atoms with E-state index in [2.05, 4.69) is 38.6 Å². The first-order chi connectivity index (χ1) is 3.66. The molecule has 8 heavy (non-hydrogen) atoms. The van der Waals surface area contributed by atoms with E-state index in [-0.39, 0.29) is 0 Å². The molecule has 0 saturated heterocycles. The lowest BCUT2D eigenvalue weighted by molar-refractivity contribution is -0.499. The normalized spacial score (nSPS) is 12.9. The Morgan fingerprint density at radius 1 is 1.50 bits per heavy atom. The molecule has 1 nitrogen and oxygen atoms in total. The second-order valence-corrected chi connectivity index (χ2v) is 2.59. The minimum Gasteiger partial charge on any atom is -0.242 e. The third-order valence-corrected chi connectivity index (χ3v) is 1.09. The predicted octanol–water partition coefficient (Wildman–Crippen LogP) is 1.38. The Labute approximate surface area is 52.0 Å². The van der Waals surface area contributed by atoms with Gasteiger partial charge in [0.15, 0.2) is 0 Å². The van der Waals surface area contributed by atoms with E-state index in [0.717, 1.165) is 12.5 Å². The Morgan fingerprint density at radius 3 is 2.12 bits per heavy atom. The fourth-order valence-corrected chi connectivity index (χ4v) is 0.681. The lowest BCUT2D eigenvalue weighted by atomic mass is 10.2. The molecule has 0 heterocycles. The molecule has 0 spiro atoms. The van der Waals surface area contributed by atoms with E-state index in [9.17, 15) is 0 Å². The largest absolute Gasteiger partial charge is 0.242 e. The molecule has 0 aliphatic heterocycles. The van der Waals surface area contributed by atoms with Crippen molar-refractivity contribution in [3.63, 3.8) is 0 Å². The van der Waals surface area contributed by atoms with Gasteiger partial charge in [0.2, 0.25) is 0 Å². The molecule has 0 atom stereocenters. The average Bonchev–Trinajstić information content (AvgIpc) is 1.65. The molecule has 0 aromatic rings. The van der Waals surface area contributed by atoms with Gasteiger partial charge in [-0.05, 0) is 0 Å². The summed E-state index contributed by atoms with van der Waals surface area (Å²) in [7, 11) is 2.10. The van der Waals surface area contributed by atoms with Crippen molar-refractivity contribution in [1.82, 2.24) is 0 Å². The van der Waals surface area contributed by atoms with Crippen LogP contribution in [-0.2, 0) is 0 Å². The minimum atomic E-state index is 0.774. The molecule has 0 rings (SSSR count). The highest BCUT2D eigenvalue weighted by molar-refractivity contribution is 5.46. The molecule has 0 fully saturated rings. The van der Waals surface area contributed by atoms with Crippen molar-refractivity contribution < 1.29 is 4.58 Å². The van der Waals surface area contributed by atoms with Crippen LogP contribution in [0.25, 0.3) is 0 Å². The van der Waals surface area contributed by atoms with Crippen LogP contribution in [0.1, 0.15) is 20.8 Å². The summed E-state index contributed by atoms with van der Waals surface area (Å²) in [5.74, 6) is 0.774. The zero-order valence-electron chi connectivity index (χ0n) is 6.31. The highest BCUT2D eigenvalue weighted by Crippen LogP contribution is 1.88. The van der Waals surface area contributed by atoms with Crippen molar-refractivity contribution in [2.24, 2.45) is 5.92 Å². The van der Waals surface area contributed by atoms with Gasteiger partial charge in [0.05, 0.1) is 0 Å². The molecular formula is C7H16N+. The van der Waals surface area contributed by atoms with Gasteiger partial charge in [-0.25, -0.2) is 4.58 Å². The van der Waals surface area contributed by atoms with Gasteiger partial charge in [0.1, 0.15) is 19.8 Å². The Hall–Kier alpha value is -0.330. The Balaban J connectivity index is 3.39. The Morgan fingerprint density at radius 2 is 2.00 bits per heavy atom. The lowest BCUT2D eigenvalue weighted by Gasteiger charge is -1.97. The third-order valence-electron chi connectivity index (χ3n) is 1.09. The van der Waals surface area contributed by atoms with Gasteiger partial charge >= 0.3 is 0 Å². The van der Waals surface area contributed by atoms with Crippen molar-refractivity contribution in [3.8, 4) is 0 Å². The fourth-order valence-electron chi connectivity index (χ4n) is 0.681. The highest BCUT2D eigenvalue weighted by Gasteiger charge is 1.97. The third kappa shape index (κ3) is 3.85.